The van der Waals surface area contributed by atoms with Crippen LogP contribution in [0.5, 0.6) is 0 Å². The van der Waals surface area contributed by atoms with Crippen molar-refractivity contribution in [3.63, 3.8) is 0 Å². The highest BCUT2D eigenvalue weighted by Crippen LogP contribution is 2.19. The third kappa shape index (κ3) is 5.44. The lowest BCUT2D eigenvalue weighted by Crippen LogP contribution is -2.50. The monoisotopic (exact) mass is 493 g/mol. The average Bonchev–Trinajstić information content (AvgIpc) is 2.85. The molecule has 11 heteroatoms. The fourth-order valence-electron chi connectivity index (χ4n) is 3.93. The number of ether oxygens (including phenoxy) is 1. The summed E-state index contributed by atoms with van der Waals surface area (Å²) in [5.41, 5.74) is 1.05. The van der Waals surface area contributed by atoms with Crippen LogP contribution in [0.15, 0.2) is 59.5 Å². The molecule has 2 aliphatic heterocycles. The lowest BCUT2D eigenvalue weighted by atomic mass is 10.1. The highest BCUT2D eigenvalue weighted by Gasteiger charge is 2.30. The minimum atomic E-state index is -3.58. The summed E-state index contributed by atoms with van der Waals surface area (Å²) in [6.45, 7) is 2.52. The third-order valence-electron chi connectivity index (χ3n) is 5.82. The zero-order valence-electron chi connectivity index (χ0n) is 18.2. The number of morpholine rings is 1. The van der Waals surface area contributed by atoms with Crippen molar-refractivity contribution in [3.8, 4) is 0 Å². The largest absolute Gasteiger partial charge is 0.379 e. The van der Waals surface area contributed by atoms with Gasteiger partial charge in [-0.3, -0.25) is 4.79 Å². The van der Waals surface area contributed by atoms with Gasteiger partial charge in [0.25, 0.3) is 5.91 Å². The highest BCUT2D eigenvalue weighted by molar-refractivity contribution is 7.89. The minimum absolute atomic E-state index is 0.127. The first kappa shape index (κ1) is 23.8. The van der Waals surface area contributed by atoms with Gasteiger partial charge in [-0.25, -0.2) is 16.8 Å². The number of hydrogen-bond donors (Lipinski definition) is 0. The Kier molecular flexibility index (Phi) is 7.15. The van der Waals surface area contributed by atoms with Crippen LogP contribution in [-0.4, -0.2) is 88.7 Å². The molecule has 0 spiro atoms. The molecule has 1 amide bonds. The average molecular weight is 494 g/mol. The van der Waals surface area contributed by atoms with Gasteiger partial charge in [-0.15, -0.1) is 0 Å². The molecule has 9 nitrogen and oxygen atoms in total. The summed E-state index contributed by atoms with van der Waals surface area (Å²) in [5, 5.41) is 0. The van der Waals surface area contributed by atoms with Crippen LogP contribution in [0, 0.1) is 0 Å². The predicted molar refractivity (Wildman–Crippen MR) is 123 cm³/mol. The van der Waals surface area contributed by atoms with Crippen molar-refractivity contribution >= 4 is 26.0 Å². The summed E-state index contributed by atoms with van der Waals surface area (Å²) in [6, 6.07) is 14.8. The molecule has 0 radical (unpaired) electrons. The normalized spacial score (nSPS) is 18.8. The van der Waals surface area contributed by atoms with Gasteiger partial charge in [0.2, 0.25) is 20.0 Å². The molecule has 2 aromatic rings. The second-order valence-corrected chi connectivity index (χ2v) is 11.9. The maximum absolute atomic E-state index is 12.9. The van der Waals surface area contributed by atoms with Crippen molar-refractivity contribution in [1.29, 1.82) is 0 Å². The van der Waals surface area contributed by atoms with E-state index in [4.69, 9.17) is 4.74 Å². The predicted octanol–water partition coefficient (Wildman–Crippen LogP) is 0.995. The number of sulfonamides is 2. The second-order valence-electron chi connectivity index (χ2n) is 7.97. The van der Waals surface area contributed by atoms with Crippen molar-refractivity contribution < 1.29 is 26.4 Å². The van der Waals surface area contributed by atoms with E-state index in [1.165, 1.54) is 8.61 Å². The smallest absolute Gasteiger partial charge is 0.253 e. The first-order valence-electron chi connectivity index (χ1n) is 10.8. The fraction of sp³-hybridized carbons (Fsp3) is 0.409. The Hall–Kier alpha value is -2.31. The van der Waals surface area contributed by atoms with Crippen LogP contribution in [0.4, 0.5) is 0 Å². The highest BCUT2D eigenvalue weighted by atomic mass is 32.2. The van der Waals surface area contributed by atoms with E-state index < -0.39 is 20.0 Å². The van der Waals surface area contributed by atoms with Crippen molar-refractivity contribution in [1.82, 2.24) is 13.5 Å². The van der Waals surface area contributed by atoms with E-state index in [0.29, 0.717) is 37.4 Å². The van der Waals surface area contributed by atoms with E-state index in [1.54, 1.807) is 59.5 Å². The molecule has 0 N–H and O–H groups in total. The Labute approximate surface area is 194 Å². The van der Waals surface area contributed by atoms with E-state index in [9.17, 15) is 21.6 Å². The van der Waals surface area contributed by atoms with Gasteiger partial charge in [0.15, 0.2) is 0 Å². The minimum Gasteiger partial charge on any atom is -0.379 e. The molecule has 2 heterocycles. The molecular formula is C22H27N3O6S2. The molecule has 2 saturated heterocycles. The van der Waals surface area contributed by atoms with Crippen molar-refractivity contribution in [3.05, 3.63) is 65.7 Å². The number of carbonyl (C=O) groups is 1. The quantitative estimate of drug-likeness (QED) is 0.595. The number of benzene rings is 2. The third-order valence-corrected chi connectivity index (χ3v) is 9.58. The van der Waals surface area contributed by atoms with Crippen LogP contribution in [0.25, 0.3) is 0 Å². The van der Waals surface area contributed by atoms with Crippen LogP contribution < -0.4 is 0 Å². The molecule has 178 valence electrons. The Morgan fingerprint density at radius 1 is 0.758 bits per heavy atom. The van der Waals surface area contributed by atoms with E-state index in [1.807, 2.05) is 0 Å². The summed E-state index contributed by atoms with van der Waals surface area (Å²) in [4.78, 5) is 14.8. The van der Waals surface area contributed by atoms with Gasteiger partial charge in [-0.1, -0.05) is 30.3 Å². The number of rotatable bonds is 6. The number of carbonyl (C=O) groups excluding carboxylic acids is 1. The first-order chi connectivity index (χ1) is 15.8. The van der Waals surface area contributed by atoms with E-state index >= 15 is 0 Å². The molecule has 2 fully saturated rings. The molecule has 33 heavy (non-hydrogen) atoms. The van der Waals surface area contributed by atoms with Gasteiger partial charge in [-0.05, 0) is 29.8 Å². The van der Waals surface area contributed by atoms with Gasteiger partial charge in [-0.2, -0.15) is 8.61 Å². The lowest BCUT2D eigenvalue weighted by Gasteiger charge is -2.34. The van der Waals surface area contributed by atoms with E-state index in [2.05, 4.69) is 0 Å². The molecule has 0 saturated carbocycles. The Morgan fingerprint density at radius 3 is 1.97 bits per heavy atom. The van der Waals surface area contributed by atoms with Gasteiger partial charge in [0.05, 0.1) is 23.9 Å². The lowest BCUT2D eigenvalue weighted by molar-refractivity contribution is 0.0698. The van der Waals surface area contributed by atoms with E-state index in [0.717, 1.165) is 0 Å². The van der Waals surface area contributed by atoms with Gasteiger partial charge >= 0.3 is 0 Å². The molecule has 0 unspecified atom stereocenters. The number of piperazine rings is 1. The molecule has 0 aromatic heterocycles. The maximum Gasteiger partial charge on any atom is 0.253 e. The van der Waals surface area contributed by atoms with Crippen LogP contribution in [0.1, 0.15) is 15.9 Å². The molecule has 4 rings (SSSR count). The summed E-state index contributed by atoms with van der Waals surface area (Å²) in [6.07, 6.45) is 0. The molecule has 2 aliphatic rings. The van der Waals surface area contributed by atoms with Crippen molar-refractivity contribution in [2.45, 2.75) is 10.6 Å². The summed E-state index contributed by atoms with van der Waals surface area (Å²) >= 11 is 0. The van der Waals surface area contributed by atoms with Crippen molar-refractivity contribution in [2.24, 2.45) is 0 Å². The van der Waals surface area contributed by atoms with Crippen LogP contribution >= 0.6 is 0 Å². The Bertz CT molecular complexity index is 1170. The number of amides is 1. The molecular weight excluding hydrogens is 466 g/mol. The van der Waals surface area contributed by atoms with Crippen molar-refractivity contribution in [2.75, 3.05) is 52.5 Å². The SMILES string of the molecule is O=C(c1ccc(CS(=O)(=O)N2CCOCC2)cc1)N1CCN(S(=O)(=O)c2ccccc2)CC1. The Morgan fingerprint density at radius 2 is 1.36 bits per heavy atom. The zero-order chi connectivity index (χ0) is 23.5. The van der Waals surface area contributed by atoms with Gasteiger partial charge in [0.1, 0.15) is 0 Å². The van der Waals surface area contributed by atoms with Crippen LogP contribution in [0.2, 0.25) is 0 Å². The zero-order valence-corrected chi connectivity index (χ0v) is 19.8. The summed E-state index contributed by atoms with van der Waals surface area (Å²) in [7, 11) is -7.02. The van der Waals surface area contributed by atoms with Gasteiger partial charge in [0, 0.05) is 44.8 Å². The molecule has 0 atom stereocenters. The van der Waals surface area contributed by atoms with Crippen LogP contribution in [-0.2, 0) is 30.5 Å². The number of nitrogens with zero attached hydrogens (tertiary/aromatic N) is 3. The Balaban J connectivity index is 1.35. The molecule has 0 aliphatic carbocycles. The fourth-order valence-corrected chi connectivity index (χ4v) is 6.87. The topological polar surface area (TPSA) is 104 Å². The van der Waals surface area contributed by atoms with Gasteiger partial charge < -0.3 is 9.64 Å². The van der Waals surface area contributed by atoms with Crippen LogP contribution in [0.3, 0.4) is 0 Å². The maximum atomic E-state index is 12.9. The standard InChI is InChI=1S/C22H27N3O6S2/c26-22(23-10-12-25(13-11-23)33(29,30)21-4-2-1-3-5-21)20-8-6-19(7-9-20)18-32(27,28)24-14-16-31-17-15-24/h1-9H,10-18H2. The molecule has 2 aromatic carbocycles. The second kappa shape index (κ2) is 9.90. The van der Waals surface area contributed by atoms with E-state index in [-0.39, 0.29) is 42.7 Å². The number of hydrogen-bond acceptors (Lipinski definition) is 6. The summed E-state index contributed by atoms with van der Waals surface area (Å²) < 4.78 is 58.7. The molecule has 0 bridgehead atoms. The summed E-state index contributed by atoms with van der Waals surface area (Å²) in [5.74, 6) is -0.327. The first-order valence-corrected chi connectivity index (χ1v) is 13.8.